The maximum absolute atomic E-state index is 11.0. The third-order valence-electron chi connectivity index (χ3n) is 5.78. The Morgan fingerprint density at radius 3 is 1.42 bits per heavy atom. The minimum absolute atomic E-state index is 0.437. The molecule has 0 aliphatic heterocycles. The number of carbonyl (C=O) groups is 1. The summed E-state index contributed by atoms with van der Waals surface area (Å²) in [7, 11) is 0. The smallest absolute Gasteiger partial charge is 0.132 e. The summed E-state index contributed by atoms with van der Waals surface area (Å²) in [4.78, 5) is 11.0. The van der Waals surface area contributed by atoms with Crippen molar-refractivity contribution in [3.63, 3.8) is 0 Å². The summed E-state index contributed by atoms with van der Waals surface area (Å²) < 4.78 is 0. The van der Waals surface area contributed by atoms with Gasteiger partial charge in [-0.3, -0.25) is 4.79 Å². The van der Waals surface area contributed by atoms with Crippen molar-refractivity contribution in [2.75, 3.05) is 0 Å². The van der Waals surface area contributed by atoms with Gasteiger partial charge in [0.1, 0.15) is 5.78 Å². The summed E-state index contributed by atoms with van der Waals surface area (Å²) in [5, 5.41) is 0. The first-order valence-electron chi connectivity index (χ1n) is 10.0. The highest BCUT2D eigenvalue weighted by molar-refractivity contribution is 5.79. The molecule has 1 heteroatoms. The van der Waals surface area contributed by atoms with Gasteiger partial charge in [0.2, 0.25) is 0 Å². The van der Waals surface area contributed by atoms with Gasteiger partial charge in [0, 0.05) is 12.8 Å². The van der Waals surface area contributed by atoms with E-state index in [1.165, 1.54) is 42.4 Å². The van der Waals surface area contributed by atoms with E-state index in [-0.39, 0.29) is 0 Å². The van der Waals surface area contributed by atoms with Crippen LogP contribution in [0.1, 0.15) is 74.3 Å². The minimum atomic E-state index is 0.437. The van der Waals surface area contributed by atoms with E-state index >= 15 is 0 Å². The van der Waals surface area contributed by atoms with Crippen LogP contribution in [0.25, 0.3) is 0 Å². The Bertz CT molecular complexity index is 618. The second-order valence-electron chi connectivity index (χ2n) is 7.66. The SMILES string of the molecule is C=C1CCC(c2ccccc2)CC1.O=C1CCC(c2ccccc2)CC1. The van der Waals surface area contributed by atoms with Gasteiger partial charge in [0.15, 0.2) is 0 Å². The Labute approximate surface area is 158 Å². The lowest BCUT2D eigenvalue weighted by molar-refractivity contribution is -0.120. The third-order valence-corrected chi connectivity index (χ3v) is 5.78. The van der Waals surface area contributed by atoms with Gasteiger partial charge in [-0.25, -0.2) is 0 Å². The van der Waals surface area contributed by atoms with Crippen molar-refractivity contribution in [3.8, 4) is 0 Å². The molecule has 26 heavy (non-hydrogen) atoms. The molecule has 136 valence electrons. The van der Waals surface area contributed by atoms with Crippen LogP contribution in [0.2, 0.25) is 0 Å². The van der Waals surface area contributed by atoms with Gasteiger partial charge in [0.25, 0.3) is 0 Å². The fraction of sp³-hybridized carbons (Fsp3) is 0.400. The van der Waals surface area contributed by atoms with Gasteiger partial charge in [-0.1, -0.05) is 72.8 Å². The van der Waals surface area contributed by atoms with Crippen molar-refractivity contribution < 1.29 is 4.79 Å². The molecule has 2 fully saturated rings. The highest BCUT2D eigenvalue weighted by Gasteiger charge is 2.19. The van der Waals surface area contributed by atoms with E-state index in [0.29, 0.717) is 11.7 Å². The molecule has 0 N–H and O–H groups in total. The van der Waals surface area contributed by atoms with Crippen molar-refractivity contribution in [1.82, 2.24) is 0 Å². The lowest BCUT2D eigenvalue weighted by Gasteiger charge is -2.23. The topological polar surface area (TPSA) is 17.1 Å². The number of carbonyl (C=O) groups excluding carboxylic acids is 1. The number of allylic oxidation sites excluding steroid dienone is 1. The molecule has 0 saturated heterocycles. The zero-order chi connectivity index (χ0) is 18.2. The third kappa shape index (κ3) is 5.42. The van der Waals surface area contributed by atoms with E-state index in [1.54, 1.807) is 0 Å². The van der Waals surface area contributed by atoms with Crippen molar-refractivity contribution in [2.45, 2.75) is 63.2 Å². The standard InChI is InChI=1S/C13H16.C12H14O/c1-11-7-9-13(10-8-11)12-5-3-2-4-6-12;13-12-8-6-11(7-9-12)10-4-2-1-3-5-10/h2-6,13H,1,7-10H2;1-5,11H,6-9H2. The van der Waals surface area contributed by atoms with E-state index in [1.807, 2.05) is 6.07 Å². The molecule has 2 aromatic carbocycles. The first-order chi connectivity index (χ1) is 12.7. The van der Waals surface area contributed by atoms with Crippen LogP contribution in [0.3, 0.4) is 0 Å². The molecule has 0 radical (unpaired) electrons. The number of ketones is 1. The normalized spacial score (nSPS) is 18.9. The van der Waals surface area contributed by atoms with Gasteiger partial charge >= 0.3 is 0 Å². The zero-order valence-electron chi connectivity index (χ0n) is 15.7. The van der Waals surface area contributed by atoms with Crippen molar-refractivity contribution >= 4 is 5.78 Å². The summed E-state index contributed by atoms with van der Waals surface area (Å²) in [5.41, 5.74) is 4.34. The maximum atomic E-state index is 11.0. The number of benzene rings is 2. The van der Waals surface area contributed by atoms with Crippen LogP contribution in [0.4, 0.5) is 0 Å². The van der Waals surface area contributed by atoms with Crippen molar-refractivity contribution in [3.05, 3.63) is 83.9 Å². The lowest BCUT2D eigenvalue weighted by Crippen LogP contribution is -2.12. The second-order valence-corrected chi connectivity index (χ2v) is 7.66. The quantitative estimate of drug-likeness (QED) is 0.546. The molecule has 0 aromatic heterocycles. The van der Waals surface area contributed by atoms with E-state index in [0.717, 1.165) is 31.6 Å². The van der Waals surface area contributed by atoms with Crippen LogP contribution in [0, 0.1) is 0 Å². The maximum Gasteiger partial charge on any atom is 0.132 e. The second kappa shape index (κ2) is 9.52. The first-order valence-corrected chi connectivity index (χ1v) is 10.0. The summed E-state index contributed by atoms with van der Waals surface area (Å²) in [5.74, 6) is 1.85. The number of Topliss-reactive ketones (excluding diaryl/α,β-unsaturated/α-hetero) is 1. The van der Waals surface area contributed by atoms with Gasteiger partial charge in [-0.15, -0.1) is 0 Å². The average molecular weight is 347 g/mol. The fourth-order valence-electron chi connectivity index (χ4n) is 4.08. The Hall–Kier alpha value is -2.15. The molecule has 0 heterocycles. The van der Waals surface area contributed by atoms with Crippen molar-refractivity contribution in [1.29, 1.82) is 0 Å². The summed E-state index contributed by atoms with van der Waals surface area (Å²) in [6.45, 7) is 4.04. The highest BCUT2D eigenvalue weighted by Crippen LogP contribution is 2.34. The van der Waals surface area contributed by atoms with E-state index < -0.39 is 0 Å². The zero-order valence-corrected chi connectivity index (χ0v) is 15.7. The largest absolute Gasteiger partial charge is 0.300 e. The van der Waals surface area contributed by atoms with Crippen LogP contribution < -0.4 is 0 Å². The van der Waals surface area contributed by atoms with E-state index in [2.05, 4.69) is 61.2 Å². The molecule has 0 atom stereocenters. The first kappa shape index (κ1) is 18.6. The summed E-state index contributed by atoms with van der Waals surface area (Å²) in [6.07, 6.45) is 8.68. The van der Waals surface area contributed by atoms with E-state index in [9.17, 15) is 4.79 Å². The number of hydrogen-bond acceptors (Lipinski definition) is 1. The van der Waals surface area contributed by atoms with E-state index in [4.69, 9.17) is 0 Å². The van der Waals surface area contributed by atoms with Gasteiger partial charge in [-0.05, 0) is 61.5 Å². The van der Waals surface area contributed by atoms with Crippen LogP contribution in [-0.2, 0) is 4.79 Å². The number of hydrogen-bond donors (Lipinski definition) is 0. The molecule has 0 bridgehead atoms. The summed E-state index contributed by atoms with van der Waals surface area (Å²) in [6, 6.07) is 21.4. The van der Waals surface area contributed by atoms with Crippen LogP contribution in [0.5, 0.6) is 0 Å². The molecule has 0 spiro atoms. The Morgan fingerprint density at radius 2 is 1.00 bits per heavy atom. The monoisotopic (exact) mass is 346 g/mol. The van der Waals surface area contributed by atoms with Crippen LogP contribution >= 0.6 is 0 Å². The average Bonchev–Trinajstić information content (AvgIpc) is 2.71. The Morgan fingerprint density at radius 1 is 0.615 bits per heavy atom. The predicted octanol–water partition coefficient (Wildman–Crippen LogP) is 6.81. The Balaban J connectivity index is 0.000000151. The fourth-order valence-corrected chi connectivity index (χ4v) is 4.08. The molecule has 2 saturated carbocycles. The molecular weight excluding hydrogens is 316 g/mol. The summed E-state index contributed by atoms with van der Waals surface area (Å²) >= 11 is 0. The Kier molecular flexibility index (Phi) is 6.82. The molecule has 2 aliphatic carbocycles. The minimum Gasteiger partial charge on any atom is -0.300 e. The molecule has 2 aromatic rings. The molecule has 4 rings (SSSR count). The van der Waals surface area contributed by atoms with Crippen molar-refractivity contribution in [2.24, 2.45) is 0 Å². The number of rotatable bonds is 2. The molecule has 0 amide bonds. The van der Waals surface area contributed by atoms with Gasteiger partial charge < -0.3 is 0 Å². The molecule has 1 nitrogen and oxygen atoms in total. The van der Waals surface area contributed by atoms with Crippen LogP contribution in [0.15, 0.2) is 72.8 Å². The lowest BCUT2D eigenvalue weighted by atomic mass is 9.82. The van der Waals surface area contributed by atoms with Gasteiger partial charge in [0.05, 0.1) is 0 Å². The molecule has 0 unspecified atom stereocenters. The molecule has 2 aliphatic rings. The molecular formula is C25H30O. The van der Waals surface area contributed by atoms with Gasteiger partial charge in [-0.2, -0.15) is 0 Å². The predicted molar refractivity (Wildman–Crippen MR) is 109 cm³/mol. The van der Waals surface area contributed by atoms with Crippen LogP contribution in [-0.4, -0.2) is 5.78 Å². The highest BCUT2D eigenvalue weighted by atomic mass is 16.1.